The van der Waals surface area contributed by atoms with Crippen molar-refractivity contribution in [3.63, 3.8) is 0 Å². The molecule has 0 N–H and O–H groups in total. The van der Waals surface area contributed by atoms with Crippen molar-refractivity contribution in [2.24, 2.45) is 0 Å². The zero-order valence-electron chi connectivity index (χ0n) is 16.2. The second-order valence-corrected chi connectivity index (χ2v) is 7.38. The molecule has 0 radical (unpaired) electrons. The van der Waals surface area contributed by atoms with Gasteiger partial charge in [-0.1, -0.05) is 6.07 Å². The molecule has 1 aromatic heterocycles. The van der Waals surface area contributed by atoms with Crippen LogP contribution in [-0.2, 0) is 17.5 Å². The molecule has 30 heavy (non-hydrogen) atoms. The molecule has 1 amide bonds. The number of pyridine rings is 1. The van der Waals surface area contributed by atoms with E-state index in [0.29, 0.717) is 37.5 Å². The van der Waals surface area contributed by atoms with Crippen LogP contribution in [0.15, 0.2) is 41.3 Å². The number of carbonyl (C=O) groups excluding carboxylic acids is 1. The second kappa shape index (κ2) is 8.04. The number of aromatic nitrogens is 1. The van der Waals surface area contributed by atoms with Gasteiger partial charge in [0.15, 0.2) is 11.5 Å². The highest BCUT2D eigenvalue weighted by molar-refractivity contribution is 5.77. The predicted octanol–water partition coefficient (Wildman–Crippen LogP) is 3.39. The molecule has 6 nitrogen and oxygen atoms in total. The van der Waals surface area contributed by atoms with Crippen LogP contribution >= 0.6 is 0 Å². The van der Waals surface area contributed by atoms with Crippen molar-refractivity contribution in [1.82, 2.24) is 9.47 Å². The molecule has 1 fully saturated rings. The van der Waals surface area contributed by atoms with Gasteiger partial charge >= 0.3 is 6.18 Å². The molecule has 3 heterocycles. The van der Waals surface area contributed by atoms with Crippen LogP contribution in [0.25, 0.3) is 0 Å². The Balaban J connectivity index is 1.55. The van der Waals surface area contributed by atoms with Gasteiger partial charge < -0.3 is 18.9 Å². The van der Waals surface area contributed by atoms with E-state index in [4.69, 9.17) is 9.47 Å². The number of hydrogen-bond acceptors (Lipinski definition) is 4. The Kier molecular flexibility index (Phi) is 5.44. The SMILES string of the molecule is O=C(Cn1cc(C(F)(F)F)ccc1=O)N1CCC[C@H]1c1ccc2c(c1)OCCCO2. The Morgan fingerprint density at radius 1 is 1.07 bits per heavy atom. The van der Waals surface area contributed by atoms with Gasteiger partial charge in [-0.15, -0.1) is 0 Å². The molecule has 160 valence electrons. The van der Waals surface area contributed by atoms with E-state index in [1.54, 1.807) is 4.90 Å². The number of rotatable bonds is 3. The summed E-state index contributed by atoms with van der Waals surface area (Å²) in [7, 11) is 0. The fraction of sp³-hybridized carbons (Fsp3) is 0.429. The maximum atomic E-state index is 13.0. The molecule has 0 unspecified atom stereocenters. The minimum atomic E-state index is -4.58. The Labute approximate surface area is 170 Å². The topological polar surface area (TPSA) is 60.8 Å². The number of amides is 1. The van der Waals surface area contributed by atoms with Crippen LogP contribution in [0.2, 0.25) is 0 Å². The van der Waals surface area contributed by atoms with E-state index < -0.39 is 29.8 Å². The van der Waals surface area contributed by atoms with Crippen molar-refractivity contribution in [3.8, 4) is 11.5 Å². The molecule has 1 saturated heterocycles. The largest absolute Gasteiger partial charge is 0.490 e. The summed E-state index contributed by atoms with van der Waals surface area (Å²) in [5.74, 6) is 0.882. The molecule has 0 spiro atoms. The summed E-state index contributed by atoms with van der Waals surface area (Å²) < 4.78 is 51.0. The first-order valence-corrected chi connectivity index (χ1v) is 9.79. The number of halogens is 3. The molecule has 9 heteroatoms. The average Bonchev–Trinajstić information content (AvgIpc) is 3.07. The average molecular weight is 422 g/mol. The third-order valence-corrected chi connectivity index (χ3v) is 5.35. The second-order valence-electron chi connectivity index (χ2n) is 7.38. The number of fused-ring (bicyclic) bond motifs is 1. The Morgan fingerprint density at radius 3 is 2.60 bits per heavy atom. The van der Waals surface area contributed by atoms with Crippen LogP contribution in [0.4, 0.5) is 13.2 Å². The minimum absolute atomic E-state index is 0.226. The van der Waals surface area contributed by atoms with Crippen molar-refractivity contribution in [3.05, 3.63) is 58.0 Å². The molecule has 2 aliphatic heterocycles. The zero-order valence-corrected chi connectivity index (χ0v) is 16.2. The van der Waals surface area contributed by atoms with E-state index in [0.717, 1.165) is 41.5 Å². The molecule has 0 saturated carbocycles. The molecule has 1 aromatic carbocycles. The van der Waals surface area contributed by atoms with E-state index in [1.807, 2.05) is 18.2 Å². The van der Waals surface area contributed by atoms with Gasteiger partial charge in [0.2, 0.25) is 5.91 Å². The van der Waals surface area contributed by atoms with Crippen LogP contribution < -0.4 is 15.0 Å². The lowest BCUT2D eigenvalue weighted by Crippen LogP contribution is -2.36. The molecule has 0 bridgehead atoms. The monoisotopic (exact) mass is 422 g/mol. The van der Waals surface area contributed by atoms with Gasteiger partial charge in [-0.25, -0.2) is 0 Å². The highest BCUT2D eigenvalue weighted by Crippen LogP contribution is 2.38. The first kappa shape index (κ1) is 20.3. The van der Waals surface area contributed by atoms with Gasteiger partial charge in [0.25, 0.3) is 5.56 Å². The summed E-state index contributed by atoms with van der Waals surface area (Å²) in [5.41, 5.74) is -0.736. The predicted molar refractivity (Wildman–Crippen MR) is 101 cm³/mol. The molecule has 4 rings (SSSR count). The lowest BCUT2D eigenvalue weighted by atomic mass is 10.0. The van der Waals surface area contributed by atoms with E-state index in [9.17, 15) is 22.8 Å². The first-order valence-electron chi connectivity index (χ1n) is 9.79. The number of benzene rings is 1. The minimum Gasteiger partial charge on any atom is -0.490 e. The van der Waals surface area contributed by atoms with E-state index in [1.165, 1.54) is 0 Å². The third-order valence-electron chi connectivity index (χ3n) is 5.35. The van der Waals surface area contributed by atoms with Crippen LogP contribution in [-0.4, -0.2) is 35.1 Å². The highest BCUT2D eigenvalue weighted by atomic mass is 19.4. The Morgan fingerprint density at radius 2 is 1.83 bits per heavy atom. The Hall–Kier alpha value is -2.97. The third kappa shape index (κ3) is 4.15. The van der Waals surface area contributed by atoms with Crippen LogP contribution in [0.5, 0.6) is 11.5 Å². The van der Waals surface area contributed by atoms with Crippen molar-refractivity contribution in [2.75, 3.05) is 19.8 Å². The van der Waals surface area contributed by atoms with Gasteiger partial charge in [-0.2, -0.15) is 13.2 Å². The molecule has 2 aromatic rings. The number of carbonyl (C=O) groups is 1. The van der Waals surface area contributed by atoms with Gasteiger partial charge in [-0.3, -0.25) is 9.59 Å². The molecular weight excluding hydrogens is 401 g/mol. The highest BCUT2D eigenvalue weighted by Gasteiger charge is 2.33. The fourth-order valence-electron chi connectivity index (χ4n) is 3.86. The normalized spacial score (nSPS) is 18.9. The van der Waals surface area contributed by atoms with Crippen LogP contribution in [0, 0.1) is 0 Å². The summed E-state index contributed by atoms with van der Waals surface area (Å²) in [6.07, 6.45) is -1.62. The van der Waals surface area contributed by atoms with Crippen molar-refractivity contribution in [2.45, 2.75) is 38.0 Å². The number of likely N-dealkylation sites (tertiary alicyclic amines) is 1. The van der Waals surface area contributed by atoms with E-state index in [-0.39, 0.29) is 6.04 Å². The van der Waals surface area contributed by atoms with Gasteiger partial charge in [0.05, 0.1) is 24.8 Å². The Bertz CT molecular complexity index is 1000. The van der Waals surface area contributed by atoms with Crippen molar-refractivity contribution >= 4 is 5.91 Å². The molecule has 0 aliphatic carbocycles. The zero-order chi connectivity index (χ0) is 21.3. The summed E-state index contributed by atoms with van der Waals surface area (Å²) >= 11 is 0. The van der Waals surface area contributed by atoms with Gasteiger partial charge in [0, 0.05) is 25.2 Å². The number of alkyl halides is 3. The summed E-state index contributed by atoms with van der Waals surface area (Å²) in [4.78, 5) is 26.5. The maximum absolute atomic E-state index is 13.0. The fourth-order valence-corrected chi connectivity index (χ4v) is 3.86. The smallest absolute Gasteiger partial charge is 0.417 e. The molecule has 2 aliphatic rings. The standard InChI is InChI=1S/C21H21F3N2O4/c22-21(23,24)15-5-7-19(27)25(12-15)13-20(28)26-8-1-3-16(26)14-4-6-17-18(11-14)30-10-2-9-29-17/h4-7,11-12,16H,1-3,8-10,13H2/t16-/m0/s1. The van der Waals surface area contributed by atoms with E-state index >= 15 is 0 Å². The summed E-state index contributed by atoms with van der Waals surface area (Å²) in [6, 6.07) is 6.87. The maximum Gasteiger partial charge on any atom is 0.417 e. The lowest BCUT2D eigenvalue weighted by molar-refractivity contribution is -0.139. The van der Waals surface area contributed by atoms with E-state index in [2.05, 4.69) is 0 Å². The summed E-state index contributed by atoms with van der Waals surface area (Å²) in [6.45, 7) is 1.16. The lowest BCUT2D eigenvalue weighted by Gasteiger charge is -2.26. The molecular formula is C21H21F3N2O4. The number of nitrogens with zero attached hydrogens (tertiary/aromatic N) is 2. The quantitative estimate of drug-likeness (QED) is 0.761. The van der Waals surface area contributed by atoms with Gasteiger partial charge in [-0.05, 0) is 36.6 Å². The number of ether oxygens (including phenoxy) is 2. The van der Waals surface area contributed by atoms with Crippen molar-refractivity contribution in [1.29, 1.82) is 0 Å². The van der Waals surface area contributed by atoms with Crippen LogP contribution in [0.1, 0.15) is 36.4 Å². The first-order chi connectivity index (χ1) is 14.3. The number of hydrogen-bond donors (Lipinski definition) is 0. The summed E-state index contributed by atoms with van der Waals surface area (Å²) in [5, 5.41) is 0. The molecule has 1 atom stereocenters. The van der Waals surface area contributed by atoms with Crippen molar-refractivity contribution < 1.29 is 27.4 Å². The van der Waals surface area contributed by atoms with Gasteiger partial charge in [0.1, 0.15) is 6.54 Å². The van der Waals surface area contributed by atoms with Crippen LogP contribution in [0.3, 0.4) is 0 Å².